The molecule has 1 N–H and O–H groups in total. The van der Waals surface area contributed by atoms with E-state index in [1.165, 1.54) is 14.8 Å². The van der Waals surface area contributed by atoms with Gasteiger partial charge in [-0.25, -0.2) is 0 Å². The Bertz CT molecular complexity index is 772. The minimum atomic E-state index is 0.220. The van der Waals surface area contributed by atoms with E-state index in [1.807, 2.05) is 12.1 Å². The zero-order chi connectivity index (χ0) is 15.3. The van der Waals surface area contributed by atoms with E-state index >= 15 is 0 Å². The summed E-state index contributed by atoms with van der Waals surface area (Å²) >= 11 is 14.9. The SMILES string of the molecule is Clc1ccc([C@@H]2Nc3ccc(I)cc3[C@@H]3C=CC[C@@H]32)c(Cl)c1. The predicted molar refractivity (Wildman–Crippen MR) is 102 cm³/mol. The molecule has 0 bridgehead atoms. The van der Waals surface area contributed by atoms with E-state index in [0.717, 1.165) is 17.0 Å². The summed E-state index contributed by atoms with van der Waals surface area (Å²) in [5, 5.41) is 5.12. The van der Waals surface area contributed by atoms with Gasteiger partial charge in [0.15, 0.2) is 0 Å². The Labute approximate surface area is 153 Å². The minimum absolute atomic E-state index is 0.220. The molecule has 112 valence electrons. The van der Waals surface area contributed by atoms with E-state index in [2.05, 4.69) is 64.3 Å². The highest BCUT2D eigenvalue weighted by molar-refractivity contribution is 14.1. The van der Waals surface area contributed by atoms with Gasteiger partial charge >= 0.3 is 0 Å². The number of fused-ring (bicyclic) bond motifs is 3. The molecule has 1 heterocycles. The third-order valence-corrected chi connectivity index (χ3v) is 5.86. The zero-order valence-electron chi connectivity index (χ0n) is 11.7. The molecule has 0 saturated carbocycles. The molecule has 22 heavy (non-hydrogen) atoms. The van der Waals surface area contributed by atoms with Crippen molar-refractivity contribution in [3.63, 3.8) is 0 Å². The van der Waals surface area contributed by atoms with Crippen LogP contribution >= 0.6 is 45.8 Å². The van der Waals surface area contributed by atoms with Crippen molar-refractivity contribution in [2.75, 3.05) is 5.32 Å². The van der Waals surface area contributed by atoms with Crippen molar-refractivity contribution in [2.24, 2.45) is 5.92 Å². The van der Waals surface area contributed by atoms with Gasteiger partial charge in [0.1, 0.15) is 0 Å². The minimum Gasteiger partial charge on any atom is -0.378 e. The van der Waals surface area contributed by atoms with Crippen molar-refractivity contribution in [2.45, 2.75) is 18.4 Å². The number of nitrogens with one attached hydrogen (secondary N) is 1. The molecule has 1 aliphatic carbocycles. The highest BCUT2D eigenvalue weighted by Gasteiger charge is 2.38. The molecule has 0 amide bonds. The van der Waals surface area contributed by atoms with Gasteiger partial charge < -0.3 is 5.32 Å². The lowest BCUT2D eigenvalue weighted by molar-refractivity contribution is 0.425. The van der Waals surface area contributed by atoms with E-state index in [4.69, 9.17) is 23.2 Å². The largest absolute Gasteiger partial charge is 0.378 e. The molecule has 1 aliphatic heterocycles. The topological polar surface area (TPSA) is 12.0 Å². The summed E-state index contributed by atoms with van der Waals surface area (Å²) in [7, 11) is 0. The standard InChI is InChI=1S/C18H14Cl2IN/c19-10-4-6-14(16(20)8-10)18-13-3-1-2-12(13)15-9-11(21)5-7-17(15)22-18/h1-2,4-9,12-13,18,22H,3H2/t12-,13+,18-/m1/s1. The average Bonchev–Trinajstić information content (AvgIpc) is 2.97. The van der Waals surface area contributed by atoms with Crippen molar-refractivity contribution < 1.29 is 0 Å². The maximum Gasteiger partial charge on any atom is 0.0568 e. The molecule has 0 radical (unpaired) electrons. The van der Waals surface area contributed by atoms with E-state index in [-0.39, 0.29) is 6.04 Å². The molecule has 1 nitrogen and oxygen atoms in total. The summed E-state index contributed by atoms with van der Waals surface area (Å²) in [6, 6.07) is 12.6. The fourth-order valence-corrected chi connectivity index (χ4v) is 4.67. The summed E-state index contributed by atoms with van der Waals surface area (Å²) in [6.45, 7) is 0. The Morgan fingerprint density at radius 1 is 1.05 bits per heavy atom. The number of anilines is 1. The first kappa shape index (κ1) is 14.9. The first-order valence-corrected chi connectivity index (χ1v) is 9.14. The summed E-state index contributed by atoms with van der Waals surface area (Å²) < 4.78 is 1.28. The molecule has 4 rings (SSSR count). The molecule has 0 spiro atoms. The lowest BCUT2D eigenvalue weighted by atomic mass is 9.77. The number of hydrogen-bond donors (Lipinski definition) is 1. The number of allylic oxidation sites excluding steroid dienone is 2. The van der Waals surface area contributed by atoms with Crippen molar-refractivity contribution in [1.29, 1.82) is 0 Å². The molecule has 2 aliphatic rings. The van der Waals surface area contributed by atoms with Crippen LogP contribution in [0.15, 0.2) is 48.6 Å². The average molecular weight is 442 g/mol. The number of hydrogen-bond acceptors (Lipinski definition) is 1. The quantitative estimate of drug-likeness (QED) is 0.397. The lowest BCUT2D eigenvalue weighted by Gasteiger charge is -2.38. The van der Waals surface area contributed by atoms with Crippen LogP contribution in [0.3, 0.4) is 0 Å². The molecular formula is C18H14Cl2IN. The van der Waals surface area contributed by atoms with Gasteiger partial charge in [-0.1, -0.05) is 41.4 Å². The first-order chi connectivity index (χ1) is 10.6. The van der Waals surface area contributed by atoms with Crippen LogP contribution in [0.25, 0.3) is 0 Å². The monoisotopic (exact) mass is 441 g/mol. The summed E-state index contributed by atoms with van der Waals surface area (Å²) in [6.07, 6.45) is 5.71. The Morgan fingerprint density at radius 2 is 1.91 bits per heavy atom. The second-order valence-electron chi connectivity index (χ2n) is 5.87. The van der Waals surface area contributed by atoms with Crippen LogP contribution in [0.5, 0.6) is 0 Å². The number of halogens is 3. The smallest absolute Gasteiger partial charge is 0.0568 e. The van der Waals surface area contributed by atoms with E-state index in [1.54, 1.807) is 0 Å². The molecule has 4 heteroatoms. The van der Waals surface area contributed by atoms with Gasteiger partial charge in [-0.2, -0.15) is 0 Å². The normalized spacial score (nSPS) is 25.5. The number of benzene rings is 2. The highest BCUT2D eigenvalue weighted by atomic mass is 127. The van der Waals surface area contributed by atoms with E-state index in [0.29, 0.717) is 16.9 Å². The molecule has 2 aromatic rings. The van der Waals surface area contributed by atoms with Crippen LogP contribution in [0.4, 0.5) is 5.69 Å². The van der Waals surface area contributed by atoms with Gasteiger partial charge in [-0.05, 0) is 76.4 Å². The van der Waals surface area contributed by atoms with Crippen LogP contribution in [0.2, 0.25) is 10.0 Å². The number of rotatable bonds is 1. The van der Waals surface area contributed by atoms with Crippen LogP contribution in [-0.2, 0) is 0 Å². The van der Waals surface area contributed by atoms with Gasteiger partial charge in [0, 0.05) is 25.2 Å². The molecule has 2 aromatic carbocycles. The van der Waals surface area contributed by atoms with Crippen LogP contribution < -0.4 is 5.32 Å². The first-order valence-electron chi connectivity index (χ1n) is 7.31. The third kappa shape index (κ3) is 2.45. The molecule has 0 saturated heterocycles. The van der Waals surface area contributed by atoms with Crippen molar-refractivity contribution in [3.05, 3.63) is 73.3 Å². The fraction of sp³-hybridized carbons (Fsp3) is 0.222. The molecule has 0 aromatic heterocycles. The second-order valence-corrected chi connectivity index (χ2v) is 7.96. The molecule has 0 unspecified atom stereocenters. The molecule has 3 atom stereocenters. The van der Waals surface area contributed by atoms with E-state index in [9.17, 15) is 0 Å². The molecule has 0 fully saturated rings. The third-order valence-electron chi connectivity index (χ3n) is 4.62. The Balaban J connectivity index is 1.81. The molecular weight excluding hydrogens is 428 g/mol. The van der Waals surface area contributed by atoms with Crippen molar-refractivity contribution in [3.8, 4) is 0 Å². The van der Waals surface area contributed by atoms with Gasteiger partial charge in [0.25, 0.3) is 0 Å². The Morgan fingerprint density at radius 3 is 2.73 bits per heavy atom. The lowest BCUT2D eigenvalue weighted by Crippen LogP contribution is -2.29. The maximum absolute atomic E-state index is 6.46. The van der Waals surface area contributed by atoms with Gasteiger partial charge in [-0.3, -0.25) is 0 Å². The fourth-order valence-electron chi connectivity index (χ4n) is 3.63. The Hall–Kier alpha value is -0.710. The summed E-state index contributed by atoms with van der Waals surface area (Å²) in [5.41, 5.74) is 3.74. The highest BCUT2D eigenvalue weighted by Crippen LogP contribution is 2.51. The Kier molecular flexibility index (Phi) is 3.87. The van der Waals surface area contributed by atoms with Gasteiger partial charge in [0.05, 0.1) is 6.04 Å². The summed E-state index contributed by atoms with van der Waals surface area (Å²) in [5.74, 6) is 0.965. The van der Waals surface area contributed by atoms with Crippen molar-refractivity contribution in [1.82, 2.24) is 0 Å². The van der Waals surface area contributed by atoms with Crippen LogP contribution in [0.1, 0.15) is 29.5 Å². The predicted octanol–water partition coefficient (Wildman–Crippen LogP) is 6.42. The summed E-state index contributed by atoms with van der Waals surface area (Å²) in [4.78, 5) is 0. The maximum atomic E-state index is 6.46. The van der Waals surface area contributed by atoms with Gasteiger partial charge in [0.2, 0.25) is 0 Å². The van der Waals surface area contributed by atoms with Crippen LogP contribution in [-0.4, -0.2) is 0 Å². The van der Waals surface area contributed by atoms with E-state index < -0.39 is 0 Å². The van der Waals surface area contributed by atoms with Gasteiger partial charge in [-0.15, -0.1) is 0 Å². The second kappa shape index (κ2) is 5.73. The zero-order valence-corrected chi connectivity index (χ0v) is 15.4. The van der Waals surface area contributed by atoms with Crippen LogP contribution in [0, 0.1) is 9.49 Å². The van der Waals surface area contributed by atoms with Crippen molar-refractivity contribution >= 4 is 51.5 Å².